The molecule has 0 bridgehead atoms. The molecule has 0 aromatic heterocycles. The van der Waals surface area contributed by atoms with E-state index in [1.807, 2.05) is 48.5 Å². The summed E-state index contributed by atoms with van der Waals surface area (Å²) in [6.07, 6.45) is 0. The molecule has 0 heterocycles. The molecular weight excluding hydrogens is 250 g/mol. The van der Waals surface area contributed by atoms with Gasteiger partial charge in [-0.2, -0.15) is 0 Å². The zero-order chi connectivity index (χ0) is 14.4. The molecule has 5 nitrogen and oxygen atoms in total. The van der Waals surface area contributed by atoms with Gasteiger partial charge in [0.1, 0.15) is 0 Å². The standard InChI is InChI=1S/C15H19N5/c16-13-5-1-11(2-6-13)9-19-15(18)20-10-12-3-7-14(17)8-4-12/h1-8H,9-10,16-17H2,(H3,18,19,20). The van der Waals surface area contributed by atoms with Gasteiger partial charge in [0, 0.05) is 17.9 Å². The number of aliphatic imine (C=N–C) groups is 1. The summed E-state index contributed by atoms with van der Waals surface area (Å²) in [5.41, 5.74) is 20.7. The molecule has 7 N–H and O–H groups in total. The summed E-state index contributed by atoms with van der Waals surface area (Å²) in [5.74, 6) is 0.415. The van der Waals surface area contributed by atoms with Crippen molar-refractivity contribution in [1.82, 2.24) is 5.32 Å². The minimum absolute atomic E-state index is 0.415. The average molecular weight is 269 g/mol. The van der Waals surface area contributed by atoms with Crippen molar-refractivity contribution in [2.75, 3.05) is 11.5 Å². The van der Waals surface area contributed by atoms with Crippen LogP contribution in [0.4, 0.5) is 11.4 Å². The molecule has 0 spiro atoms. The number of nitrogens with zero attached hydrogens (tertiary/aromatic N) is 1. The van der Waals surface area contributed by atoms with Crippen molar-refractivity contribution in [3.05, 3.63) is 59.7 Å². The van der Waals surface area contributed by atoms with Crippen LogP contribution in [0, 0.1) is 0 Å². The van der Waals surface area contributed by atoms with Gasteiger partial charge >= 0.3 is 0 Å². The van der Waals surface area contributed by atoms with E-state index in [9.17, 15) is 0 Å². The second-order valence-electron chi connectivity index (χ2n) is 4.54. The number of hydrogen-bond donors (Lipinski definition) is 4. The Bertz CT molecular complexity index is 572. The molecule has 0 radical (unpaired) electrons. The quantitative estimate of drug-likeness (QED) is 0.383. The summed E-state index contributed by atoms with van der Waals surface area (Å²) >= 11 is 0. The van der Waals surface area contributed by atoms with Crippen LogP contribution in [-0.4, -0.2) is 5.96 Å². The van der Waals surface area contributed by atoms with Crippen LogP contribution in [0.2, 0.25) is 0 Å². The molecule has 0 aliphatic carbocycles. The molecule has 0 aliphatic rings. The monoisotopic (exact) mass is 269 g/mol. The molecule has 2 rings (SSSR count). The van der Waals surface area contributed by atoms with Crippen LogP contribution in [0.25, 0.3) is 0 Å². The first-order chi connectivity index (χ1) is 9.63. The third-order valence-corrected chi connectivity index (χ3v) is 2.87. The molecule has 0 unspecified atom stereocenters. The molecular formula is C15H19N5. The second kappa shape index (κ2) is 6.47. The Morgan fingerprint density at radius 2 is 1.35 bits per heavy atom. The lowest BCUT2D eigenvalue weighted by atomic mass is 10.2. The van der Waals surface area contributed by atoms with Gasteiger partial charge in [-0.1, -0.05) is 24.3 Å². The fraction of sp³-hybridized carbons (Fsp3) is 0.133. The molecule has 0 amide bonds. The zero-order valence-electron chi connectivity index (χ0n) is 11.2. The van der Waals surface area contributed by atoms with E-state index in [-0.39, 0.29) is 0 Å². The van der Waals surface area contributed by atoms with Crippen LogP contribution < -0.4 is 22.5 Å². The summed E-state index contributed by atoms with van der Waals surface area (Å²) in [4.78, 5) is 4.27. The fourth-order valence-corrected chi connectivity index (χ4v) is 1.68. The Morgan fingerprint density at radius 1 is 0.850 bits per heavy atom. The molecule has 2 aromatic carbocycles. The average Bonchev–Trinajstić information content (AvgIpc) is 2.46. The van der Waals surface area contributed by atoms with Gasteiger partial charge in [0.25, 0.3) is 0 Å². The number of guanidine groups is 1. The highest BCUT2D eigenvalue weighted by molar-refractivity contribution is 5.77. The van der Waals surface area contributed by atoms with Crippen molar-refractivity contribution < 1.29 is 0 Å². The number of nitrogens with one attached hydrogen (secondary N) is 1. The molecule has 0 saturated carbocycles. The lowest BCUT2D eigenvalue weighted by molar-refractivity contribution is 0.885. The molecule has 104 valence electrons. The van der Waals surface area contributed by atoms with Gasteiger partial charge in [0.05, 0.1) is 6.54 Å². The summed E-state index contributed by atoms with van der Waals surface area (Å²) in [7, 11) is 0. The normalized spacial score (nSPS) is 11.3. The van der Waals surface area contributed by atoms with Crippen LogP contribution >= 0.6 is 0 Å². The van der Waals surface area contributed by atoms with Crippen LogP contribution in [-0.2, 0) is 13.1 Å². The van der Waals surface area contributed by atoms with Gasteiger partial charge < -0.3 is 22.5 Å². The SMILES string of the molecule is NC(=NCc1ccc(N)cc1)NCc1ccc(N)cc1. The van der Waals surface area contributed by atoms with E-state index in [1.54, 1.807) is 0 Å². The zero-order valence-corrected chi connectivity index (χ0v) is 11.2. The van der Waals surface area contributed by atoms with Crippen molar-refractivity contribution in [1.29, 1.82) is 0 Å². The van der Waals surface area contributed by atoms with Crippen molar-refractivity contribution >= 4 is 17.3 Å². The summed E-state index contributed by atoms with van der Waals surface area (Å²) in [6, 6.07) is 15.2. The topological polar surface area (TPSA) is 102 Å². The molecule has 20 heavy (non-hydrogen) atoms. The number of nitrogens with two attached hydrogens (primary N) is 3. The number of hydrogen-bond acceptors (Lipinski definition) is 3. The Labute approximate surface area is 118 Å². The van der Waals surface area contributed by atoms with Gasteiger partial charge in [-0.25, -0.2) is 4.99 Å². The Balaban J connectivity index is 1.84. The highest BCUT2D eigenvalue weighted by atomic mass is 15.1. The maximum Gasteiger partial charge on any atom is 0.189 e. The third-order valence-electron chi connectivity index (χ3n) is 2.87. The number of rotatable bonds is 4. The first-order valence-electron chi connectivity index (χ1n) is 6.36. The molecule has 0 aliphatic heterocycles. The Hall–Kier alpha value is -2.69. The minimum atomic E-state index is 0.415. The van der Waals surface area contributed by atoms with E-state index in [0.717, 1.165) is 22.5 Å². The predicted octanol–water partition coefficient (Wildman–Crippen LogP) is 1.46. The maximum atomic E-state index is 5.82. The fourth-order valence-electron chi connectivity index (χ4n) is 1.68. The summed E-state index contributed by atoms with van der Waals surface area (Å²) < 4.78 is 0. The number of nitrogen functional groups attached to an aromatic ring is 2. The lowest BCUT2D eigenvalue weighted by Gasteiger charge is -2.06. The number of anilines is 2. The molecule has 2 aromatic rings. The third kappa shape index (κ3) is 4.20. The predicted molar refractivity (Wildman–Crippen MR) is 83.9 cm³/mol. The van der Waals surface area contributed by atoms with E-state index < -0.39 is 0 Å². The van der Waals surface area contributed by atoms with E-state index in [2.05, 4.69) is 10.3 Å². The molecule has 0 atom stereocenters. The Kier molecular flexibility index (Phi) is 4.44. The van der Waals surface area contributed by atoms with Crippen LogP contribution in [0.5, 0.6) is 0 Å². The maximum absolute atomic E-state index is 5.82. The first kappa shape index (κ1) is 13.7. The van der Waals surface area contributed by atoms with Crippen molar-refractivity contribution in [2.24, 2.45) is 10.7 Å². The van der Waals surface area contributed by atoms with E-state index >= 15 is 0 Å². The lowest BCUT2D eigenvalue weighted by Crippen LogP contribution is -2.31. The smallest absolute Gasteiger partial charge is 0.189 e. The van der Waals surface area contributed by atoms with E-state index in [0.29, 0.717) is 19.0 Å². The van der Waals surface area contributed by atoms with Gasteiger partial charge in [-0.15, -0.1) is 0 Å². The van der Waals surface area contributed by atoms with Crippen molar-refractivity contribution in [2.45, 2.75) is 13.1 Å². The van der Waals surface area contributed by atoms with Crippen LogP contribution in [0.1, 0.15) is 11.1 Å². The first-order valence-corrected chi connectivity index (χ1v) is 6.36. The highest BCUT2D eigenvalue weighted by Crippen LogP contribution is 2.07. The summed E-state index contributed by atoms with van der Waals surface area (Å²) in [5, 5.41) is 3.06. The summed E-state index contributed by atoms with van der Waals surface area (Å²) in [6.45, 7) is 1.15. The minimum Gasteiger partial charge on any atom is -0.399 e. The molecule has 0 fully saturated rings. The van der Waals surface area contributed by atoms with Gasteiger partial charge in [-0.05, 0) is 35.4 Å². The van der Waals surface area contributed by atoms with Crippen molar-refractivity contribution in [3.63, 3.8) is 0 Å². The molecule has 0 saturated heterocycles. The van der Waals surface area contributed by atoms with Gasteiger partial charge in [0.15, 0.2) is 5.96 Å². The highest BCUT2D eigenvalue weighted by Gasteiger charge is 1.96. The largest absolute Gasteiger partial charge is 0.399 e. The Morgan fingerprint density at radius 3 is 1.90 bits per heavy atom. The van der Waals surface area contributed by atoms with Gasteiger partial charge in [-0.3, -0.25) is 0 Å². The second-order valence-corrected chi connectivity index (χ2v) is 4.54. The number of benzene rings is 2. The van der Waals surface area contributed by atoms with Crippen LogP contribution in [0.15, 0.2) is 53.5 Å². The van der Waals surface area contributed by atoms with Gasteiger partial charge in [0.2, 0.25) is 0 Å². The molecule has 5 heteroatoms. The van der Waals surface area contributed by atoms with E-state index in [4.69, 9.17) is 17.2 Å². The van der Waals surface area contributed by atoms with Crippen molar-refractivity contribution in [3.8, 4) is 0 Å². The van der Waals surface area contributed by atoms with Crippen LogP contribution in [0.3, 0.4) is 0 Å². The van der Waals surface area contributed by atoms with E-state index in [1.165, 1.54) is 0 Å².